The second kappa shape index (κ2) is 9.55. The van der Waals surface area contributed by atoms with E-state index in [-0.39, 0.29) is 5.91 Å². The molecule has 0 aliphatic heterocycles. The molecule has 0 aliphatic rings. The third-order valence-corrected chi connectivity index (χ3v) is 4.44. The molecular formula is C23H26N4O. The van der Waals surface area contributed by atoms with E-state index < -0.39 is 0 Å². The molecule has 28 heavy (non-hydrogen) atoms. The van der Waals surface area contributed by atoms with Crippen molar-refractivity contribution in [3.8, 4) is 0 Å². The number of nitrogens with one attached hydrogen (secondary N) is 2. The Kier molecular flexibility index (Phi) is 6.63. The van der Waals surface area contributed by atoms with Gasteiger partial charge in [0.1, 0.15) is 0 Å². The minimum absolute atomic E-state index is 0.104. The predicted molar refractivity (Wildman–Crippen MR) is 115 cm³/mol. The molecule has 0 spiro atoms. The average Bonchev–Trinajstić information content (AvgIpc) is 2.72. The van der Waals surface area contributed by atoms with Gasteiger partial charge in [0.15, 0.2) is 0 Å². The number of benzene rings is 2. The lowest BCUT2D eigenvalue weighted by atomic mass is 10.1. The van der Waals surface area contributed by atoms with Crippen LogP contribution in [0.1, 0.15) is 22.3 Å². The first-order valence-electron chi connectivity index (χ1n) is 9.43. The van der Waals surface area contributed by atoms with Gasteiger partial charge in [-0.25, -0.2) is 0 Å². The smallest absolute Gasteiger partial charge is 0.252 e. The van der Waals surface area contributed by atoms with Crippen LogP contribution in [0.2, 0.25) is 0 Å². The summed E-state index contributed by atoms with van der Waals surface area (Å²) in [5.41, 5.74) is 4.70. The van der Waals surface area contributed by atoms with Gasteiger partial charge in [-0.1, -0.05) is 30.3 Å². The molecule has 5 heteroatoms. The SMILES string of the molecule is CN(C)c1ccc(Nc2cncc(C(=O)NCCCc3ccccc3)c2)cc1. The van der Waals surface area contributed by atoms with Gasteiger partial charge >= 0.3 is 0 Å². The van der Waals surface area contributed by atoms with Crippen molar-refractivity contribution in [1.29, 1.82) is 0 Å². The molecule has 0 bridgehead atoms. The fourth-order valence-corrected chi connectivity index (χ4v) is 2.88. The number of anilines is 3. The highest BCUT2D eigenvalue weighted by Gasteiger charge is 2.07. The topological polar surface area (TPSA) is 57.3 Å². The fourth-order valence-electron chi connectivity index (χ4n) is 2.88. The minimum atomic E-state index is -0.104. The van der Waals surface area contributed by atoms with E-state index in [1.165, 1.54) is 5.56 Å². The molecule has 0 aliphatic carbocycles. The number of hydrogen-bond donors (Lipinski definition) is 2. The van der Waals surface area contributed by atoms with Crippen LogP contribution in [0.15, 0.2) is 73.1 Å². The van der Waals surface area contributed by atoms with Gasteiger partial charge in [-0.3, -0.25) is 9.78 Å². The zero-order valence-corrected chi connectivity index (χ0v) is 16.4. The van der Waals surface area contributed by atoms with Gasteiger partial charge in [0, 0.05) is 38.2 Å². The molecule has 0 atom stereocenters. The number of hydrogen-bond acceptors (Lipinski definition) is 4. The molecule has 2 aromatic carbocycles. The van der Waals surface area contributed by atoms with E-state index in [0.717, 1.165) is 29.9 Å². The standard InChI is InChI=1S/C23H26N4O/c1-27(2)22-12-10-20(11-13-22)26-21-15-19(16-24-17-21)23(28)25-14-6-9-18-7-4-3-5-8-18/h3-5,7-8,10-13,15-17,26H,6,9,14H2,1-2H3,(H,25,28). The highest BCUT2D eigenvalue weighted by molar-refractivity contribution is 5.94. The van der Waals surface area contributed by atoms with E-state index in [4.69, 9.17) is 0 Å². The predicted octanol–water partition coefficient (Wildman–Crippen LogP) is 4.25. The first-order valence-corrected chi connectivity index (χ1v) is 9.43. The molecule has 0 saturated heterocycles. The summed E-state index contributed by atoms with van der Waals surface area (Å²) in [7, 11) is 4.02. The largest absolute Gasteiger partial charge is 0.378 e. The lowest BCUT2D eigenvalue weighted by Crippen LogP contribution is -2.25. The third kappa shape index (κ3) is 5.58. The van der Waals surface area contributed by atoms with Crippen molar-refractivity contribution in [2.75, 3.05) is 30.9 Å². The van der Waals surface area contributed by atoms with Crippen molar-refractivity contribution in [3.63, 3.8) is 0 Å². The molecule has 0 saturated carbocycles. The summed E-state index contributed by atoms with van der Waals surface area (Å²) in [6.07, 6.45) is 5.15. The second-order valence-corrected chi connectivity index (χ2v) is 6.87. The number of carbonyl (C=O) groups excluding carboxylic acids is 1. The van der Waals surface area contributed by atoms with E-state index in [9.17, 15) is 4.79 Å². The van der Waals surface area contributed by atoms with Gasteiger partial charge < -0.3 is 15.5 Å². The second-order valence-electron chi connectivity index (χ2n) is 6.87. The van der Waals surface area contributed by atoms with Gasteiger partial charge in [-0.05, 0) is 48.7 Å². The first-order chi connectivity index (χ1) is 13.6. The third-order valence-electron chi connectivity index (χ3n) is 4.44. The van der Waals surface area contributed by atoms with Crippen molar-refractivity contribution < 1.29 is 4.79 Å². The lowest BCUT2D eigenvalue weighted by molar-refractivity contribution is 0.0953. The molecule has 5 nitrogen and oxygen atoms in total. The molecule has 3 rings (SSSR count). The van der Waals surface area contributed by atoms with Crippen LogP contribution in [0.3, 0.4) is 0 Å². The highest BCUT2D eigenvalue weighted by atomic mass is 16.1. The Morgan fingerprint density at radius 1 is 0.964 bits per heavy atom. The Morgan fingerprint density at radius 2 is 1.71 bits per heavy atom. The molecule has 1 heterocycles. The van der Waals surface area contributed by atoms with Crippen LogP contribution in [0.5, 0.6) is 0 Å². The maximum Gasteiger partial charge on any atom is 0.252 e. The Morgan fingerprint density at radius 3 is 2.43 bits per heavy atom. The van der Waals surface area contributed by atoms with Crippen LogP contribution < -0.4 is 15.5 Å². The Bertz CT molecular complexity index is 892. The number of aryl methyl sites for hydroxylation is 1. The Hall–Kier alpha value is -3.34. The summed E-state index contributed by atoms with van der Waals surface area (Å²) in [4.78, 5) is 18.6. The molecule has 1 amide bonds. The van der Waals surface area contributed by atoms with Crippen LogP contribution in [-0.2, 0) is 6.42 Å². The maximum atomic E-state index is 12.4. The average molecular weight is 374 g/mol. The summed E-state index contributed by atoms with van der Waals surface area (Å²) < 4.78 is 0. The summed E-state index contributed by atoms with van der Waals surface area (Å²) in [6.45, 7) is 0.636. The van der Waals surface area contributed by atoms with Crippen LogP contribution in [0, 0.1) is 0 Å². The van der Waals surface area contributed by atoms with E-state index in [1.807, 2.05) is 67.5 Å². The zero-order chi connectivity index (χ0) is 19.8. The van der Waals surface area contributed by atoms with Crippen molar-refractivity contribution in [2.24, 2.45) is 0 Å². The number of rotatable bonds is 8. The number of carbonyl (C=O) groups is 1. The summed E-state index contributed by atoms with van der Waals surface area (Å²) in [5, 5.41) is 6.26. The van der Waals surface area contributed by atoms with Crippen LogP contribution in [0.4, 0.5) is 17.1 Å². The zero-order valence-electron chi connectivity index (χ0n) is 16.4. The van der Waals surface area contributed by atoms with E-state index in [2.05, 4.69) is 27.8 Å². The summed E-state index contributed by atoms with van der Waals surface area (Å²) >= 11 is 0. The lowest BCUT2D eigenvalue weighted by Gasteiger charge is -2.13. The number of pyridine rings is 1. The molecule has 2 N–H and O–H groups in total. The highest BCUT2D eigenvalue weighted by Crippen LogP contribution is 2.20. The van der Waals surface area contributed by atoms with Crippen molar-refractivity contribution >= 4 is 23.0 Å². The Labute approximate surface area is 166 Å². The molecule has 3 aromatic rings. The van der Waals surface area contributed by atoms with Crippen molar-refractivity contribution in [2.45, 2.75) is 12.8 Å². The van der Waals surface area contributed by atoms with Crippen LogP contribution in [0.25, 0.3) is 0 Å². The van der Waals surface area contributed by atoms with Crippen LogP contribution >= 0.6 is 0 Å². The van der Waals surface area contributed by atoms with Crippen molar-refractivity contribution in [3.05, 3.63) is 84.2 Å². The van der Waals surface area contributed by atoms with Gasteiger partial charge in [0.05, 0.1) is 17.4 Å². The first kappa shape index (κ1) is 19.4. The summed E-state index contributed by atoms with van der Waals surface area (Å²) in [5.74, 6) is -0.104. The molecule has 1 aromatic heterocycles. The Balaban J connectivity index is 1.52. The molecule has 0 unspecified atom stereocenters. The molecular weight excluding hydrogens is 348 g/mol. The quantitative estimate of drug-likeness (QED) is 0.579. The van der Waals surface area contributed by atoms with Gasteiger partial charge in [0.25, 0.3) is 5.91 Å². The minimum Gasteiger partial charge on any atom is -0.378 e. The summed E-state index contributed by atoms with van der Waals surface area (Å²) in [6, 6.07) is 20.2. The number of amides is 1. The van der Waals surface area contributed by atoms with Gasteiger partial charge in [-0.2, -0.15) is 0 Å². The normalized spacial score (nSPS) is 10.4. The maximum absolute atomic E-state index is 12.4. The van der Waals surface area contributed by atoms with E-state index in [1.54, 1.807) is 12.4 Å². The monoisotopic (exact) mass is 374 g/mol. The van der Waals surface area contributed by atoms with E-state index >= 15 is 0 Å². The molecule has 144 valence electrons. The van der Waals surface area contributed by atoms with Gasteiger partial charge in [-0.15, -0.1) is 0 Å². The van der Waals surface area contributed by atoms with E-state index in [0.29, 0.717) is 12.1 Å². The number of aromatic nitrogens is 1. The van der Waals surface area contributed by atoms with Crippen LogP contribution in [-0.4, -0.2) is 31.5 Å². The van der Waals surface area contributed by atoms with Crippen molar-refractivity contribution in [1.82, 2.24) is 10.3 Å². The fraction of sp³-hybridized carbons (Fsp3) is 0.217. The molecule has 0 radical (unpaired) electrons. The van der Waals surface area contributed by atoms with Gasteiger partial charge in [0.2, 0.25) is 0 Å². The number of nitrogens with zero attached hydrogens (tertiary/aromatic N) is 2. The molecule has 0 fully saturated rings.